The lowest BCUT2D eigenvalue weighted by molar-refractivity contribution is 0.191. The van der Waals surface area contributed by atoms with Gasteiger partial charge in [-0.25, -0.2) is 15.0 Å². The molecule has 1 N–H and O–H groups in total. The number of aryl methyl sites for hydroxylation is 1. The van der Waals surface area contributed by atoms with Gasteiger partial charge in [-0.05, 0) is 44.9 Å². The Morgan fingerprint density at radius 1 is 1.16 bits per heavy atom. The molecule has 6 rings (SSSR count). The molecule has 37 heavy (non-hydrogen) atoms. The van der Waals surface area contributed by atoms with Gasteiger partial charge in [0.15, 0.2) is 11.2 Å². The number of imidazole rings is 1. The maximum absolute atomic E-state index is 6.82. The number of ether oxygens (including phenoxy) is 2. The average Bonchev–Trinajstić information content (AvgIpc) is 3.29. The fourth-order valence-electron chi connectivity index (χ4n) is 4.49. The van der Waals surface area contributed by atoms with E-state index < -0.39 is 0 Å². The first-order chi connectivity index (χ1) is 18.0. The Bertz CT molecular complexity index is 1410. The van der Waals surface area contributed by atoms with Crippen molar-refractivity contribution in [1.29, 1.82) is 0 Å². The van der Waals surface area contributed by atoms with Crippen molar-refractivity contribution in [3.63, 3.8) is 0 Å². The van der Waals surface area contributed by atoms with Crippen molar-refractivity contribution in [2.45, 2.75) is 38.8 Å². The summed E-state index contributed by atoms with van der Waals surface area (Å²) in [6.45, 7) is 10.3. The summed E-state index contributed by atoms with van der Waals surface area (Å²) in [6, 6.07) is 5.77. The van der Waals surface area contributed by atoms with E-state index in [1.54, 1.807) is 11.3 Å². The molecule has 0 radical (unpaired) electrons. The first-order valence-electron chi connectivity index (χ1n) is 12.6. The molecule has 9 nitrogen and oxygen atoms in total. The molecule has 1 saturated carbocycles. The summed E-state index contributed by atoms with van der Waals surface area (Å²) in [6.07, 6.45) is 3.55. The zero-order valence-electron chi connectivity index (χ0n) is 21.0. The zero-order valence-corrected chi connectivity index (χ0v) is 22.6. The summed E-state index contributed by atoms with van der Waals surface area (Å²) >= 11 is 8.45. The molecule has 0 amide bonds. The standard InChI is InChI=1S/C26H30ClN7O2S/c1-17-31-18(15-37-17)14-34-23(32-22-24(34)29-16-30-25(22)36-26(2)5-6-26)20-4-3-19(13-21(20)27)35-12-11-33-9-7-28-8-10-33/h3-4,13,15-16,28H,5-12,14H2,1-2H3. The van der Waals surface area contributed by atoms with Crippen molar-refractivity contribution >= 4 is 34.1 Å². The number of benzene rings is 1. The largest absolute Gasteiger partial charge is 0.492 e. The lowest BCUT2D eigenvalue weighted by Crippen LogP contribution is -2.44. The van der Waals surface area contributed by atoms with E-state index in [-0.39, 0.29) is 5.60 Å². The van der Waals surface area contributed by atoms with Crippen molar-refractivity contribution in [3.05, 3.63) is 45.6 Å². The van der Waals surface area contributed by atoms with Crippen LogP contribution in [0.25, 0.3) is 22.6 Å². The van der Waals surface area contributed by atoms with Crippen molar-refractivity contribution in [1.82, 2.24) is 34.7 Å². The van der Waals surface area contributed by atoms with Gasteiger partial charge in [0.2, 0.25) is 5.88 Å². The van der Waals surface area contributed by atoms with Gasteiger partial charge in [0.05, 0.1) is 22.3 Å². The molecule has 1 aliphatic carbocycles. The highest BCUT2D eigenvalue weighted by Gasteiger charge is 2.41. The van der Waals surface area contributed by atoms with E-state index >= 15 is 0 Å². The fourth-order valence-corrected chi connectivity index (χ4v) is 5.35. The summed E-state index contributed by atoms with van der Waals surface area (Å²) in [5.41, 5.74) is 2.89. The second-order valence-electron chi connectivity index (χ2n) is 9.86. The lowest BCUT2D eigenvalue weighted by Gasteiger charge is -2.26. The molecule has 1 saturated heterocycles. The molecular weight excluding hydrogens is 510 g/mol. The SMILES string of the molecule is Cc1nc(Cn2c(-c3ccc(OCCN4CCNCC4)cc3Cl)nc3c(OC4(C)CC4)ncnc32)cs1. The Labute approximate surface area is 224 Å². The molecule has 4 aromatic rings. The third-order valence-electron chi connectivity index (χ3n) is 6.85. The van der Waals surface area contributed by atoms with Crippen LogP contribution in [0.2, 0.25) is 5.02 Å². The summed E-state index contributed by atoms with van der Waals surface area (Å²) in [5.74, 6) is 1.94. The number of piperazine rings is 1. The minimum Gasteiger partial charge on any atom is -0.492 e. The topological polar surface area (TPSA) is 90.2 Å². The molecule has 0 bridgehead atoms. The van der Waals surface area contributed by atoms with Crippen molar-refractivity contribution < 1.29 is 9.47 Å². The highest BCUT2D eigenvalue weighted by atomic mass is 35.5. The molecular formula is C26H30ClN7O2S. The second kappa shape index (κ2) is 10.2. The van der Waals surface area contributed by atoms with E-state index in [1.165, 1.54) is 6.33 Å². The quantitative estimate of drug-likeness (QED) is 0.339. The molecule has 1 aliphatic heterocycles. The number of fused-ring (bicyclic) bond motifs is 1. The minimum absolute atomic E-state index is 0.182. The zero-order chi connectivity index (χ0) is 25.4. The summed E-state index contributed by atoms with van der Waals surface area (Å²) in [7, 11) is 0. The number of rotatable bonds is 9. The number of hydrogen-bond donors (Lipinski definition) is 1. The van der Waals surface area contributed by atoms with Crippen LogP contribution in [0.5, 0.6) is 11.6 Å². The van der Waals surface area contributed by atoms with Crippen LogP contribution in [0, 0.1) is 6.92 Å². The van der Waals surface area contributed by atoms with Crippen LogP contribution in [0.4, 0.5) is 0 Å². The number of aromatic nitrogens is 5. The number of halogens is 1. The van der Waals surface area contributed by atoms with Gasteiger partial charge in [0.25, 0.3) is 0 Å². The van der Waals surface area contributed by atoms with Gasteiger partial charge in [-0.3, -0.25) is 4.90 Å². The van der Waals surface area contributed by atoms with Gasteiger partial charge in [-0.1, -0.05) is 11.6 Å². The van der Waals surface area contributed by atoms with E-state index in [1.807, 2.05) is 29.7 Å². The number of nitrogens with one attached hydrogen (secondary N) is 1. The van der Waals surface area contributed by atoms with Gasteiger partial charge in [0.1, 0.15) is 30.1 Å². The van der Waals surface area contributed by atoms with Crippen LogP contribution in [-0.2, 0) is 6.54 Å². The van der Waals surface area contributed by atoms with Crippen LogP contribution < -0.4 is 14.8 Å². The van der Waals surface area contributed by atoms with Gasteiger partial charge < -0.3 is 19.4 Å². The molecule has 0 atom stereocenters. The molecule has 0 unspecified atom stereocenters. The Balaban J connectivity index is 1.31. The lowest BCUT2D eigenvalue weighted by atomic mass is 10.2. The summed E-state index contributed by atoms with van der Waals surface area (Å²) < 4.78 is 14.3. The van der Waals surface area contributed by atoms with Crippen LogP contribution in [0.3, 0.4) is 0 Å². The normalized spacial score (nSPS) is 17.3. The van der Waals surface area contributed by atoms with E-state index in [0.717, 1.165) is 67.6 Å². The molecule has 4 heterocycles. The third kappa shape index (κ3) is 5.43. The average molecular weight is 540 g/mol. The molecule has 2 fully saturated rings. The Kier molecular flexibility index (Phi) is 6.74. The van der Waals surface area contributed by atoms with Crippen LogP contribution in [0.15, 0.2) is 29.9 Å². The van der Waals surface area contributed by atoms with E-state index in [2.05, 4.69) is 37.5 Å². The van der Waals surface area contributed by atoms with Crippen LogP contribution in [0.1, 0.15) is 30.5 Å². The van der Waals surface area contributed by atoms with Gasteiger partial charge in [-0.2, -0.15) is 4.98 Å². The molecule has 194 valence electrons. The third-order valence-corrected chi connectivity index (χ3v) is 7.98. The molecule has 2 aliphatic rings. The van der Waals surface area contributed by atoms with Crippen molar-refractivity contribution in [2.24, 2.45) is 0 Å². The van der Waals surface area contributed by atoms with Gasteiger partial charge in [0, 0.05) is 43.7 Å². The van der Waals surface area contributed by atoms with Gasteiger partial charge >= 0.3 is 0 Å². The Morgan fingerprint density at radius 2 is 2.00 bits per heavy atom. The maximum Gasteiger partial charge on any atom is 0.245 e. The van der Waals surface area contributed by atoms with Crippen LogP contribution in [-0.4, -0.2) is 74.3 Å². The Morgan fingerprint density at radius 3 is 2.73 bits per heavy atom. The smallest absolute Gasteiger partial charge is 0.245 e. The first-order valence-corrected chi connectivity index (χ1v) is 13.9. The highest BCUT2D eigenvalue weighted by molar-refractivity contribution is 7.09. The predicted octanol–water partition coefficient (Wildman–Crippen LogP) is 4.18. The Hall–Kier alpha value is -2.79. The fraction of sp³-hybridized carbons (Fsp3) is 0.462. The maximum atomic E-state index is 6.82. The van der Waals surface area contributed by atoms with E-state index in [0.29, 0.717) is 41.0 Å². The minimum atomic E-state index is -0.182. The van der Waals surface area contributed by atoms with Crippen molar-refractivity contribution in [3.8, 4) is 23.0 Å². The highest BCUT2D eigenvalue weighted by Crippen LogP contribution is 2.41. The summed E-state index contributed by atoms with van der Waals surface area (Å²) in [4.78, 5) is 21.0. The monoisotopic (exact) mass is 539 g/mol. The second-order valence-corrected chi connectivity index (χ2v) is 11.3. The summed E-state index contributed by atoms with van der Waals surface area (Å²) in [5, 5.41) is 7.01. The molecule has 0 spiro atoms. The van der Waals surface area contributed by atoms with E-state index in [4.69, 9.17) is 26.1 Å². The van der Waals surface area contributed by atoms with Crippen molar-refractivity contribution in [2.75, 3.05) is 39.3 Å². The predicted molar refractivity (Wildman–Crippen MR) is 145 cm³/mol. The number of thiazole rings is 1. The number of hydrogen-bond acceptors (Lipinski definition) is 9. The van der Waals surface area contributed by atoms with Crippen LogP contribution >= 0.6 is 22.9 Å². The molecule has 3 aromatic heterocycles. The number of nitrogens with zero attached hydrogens (tertiary/aromatic N) is 6. The first kappa shape index (κ1) is 24.5. The van der Waals surface area contributed by atoms with Gasteiger partial charge in [-0.15, -0.1) is 11.3 Å². The van der Waals surface area contributed by atoms with E-state index in [9.17, 15) is 0 Å². The molecule has 11 heteroatoms. The molecule has 1 aromatic carbocycles.